The van der Waals surface area contributed by atoms with E-state index in [4.69, 9.17) is 5.11 Å². The number of nitrogens with zero attached hydrogens (tertiary/aromatic N) is 2. The van der Waals surface area contributed by atoms with E-state index in [1.54, 1.807) is 16.8 Å². The number of nitrogens with one attached hydrogen (secondary N) is 1. The fourth-order valence-electron chi connectivity index (χ4n) is 2.85. The minimum Gasteiger partial charge on any atom is -0.481 e. The lowest BCUT2D eigenvalue weighted by Crippen LogP contribution is -2.25. The summed E-state index contributed by atoms with van der Waals surface area (Å²) in [7, 11) is 0. The Morgan fingerprint density at radius 3 is 2.42 bits per heavy atom. The van der Waals surface area contributed by atoms with Crippen LogP contribution in [0.2, 0.25) is 0 Å². The zero-order chi connectivity index (χ0) is 19.3. The van der Waals surface area contributed by atoms with Gasteiger partial charge in [-0.2, -0.15) is 5.10 Å². The number of hydrogen-bond donors (Lipinski definition) is 2. The molecule has 26 heavy (non-hydrogen) atoms. The minimum atomic E-state index is -0.815. The van der Waals surface area contributed by atoms with E-state index in [1.165, 1.54) is 0 Å². The highest BCUT2D eigenvalue weighted by atomic mass is 16.4. The molecule has 1 heterocycles. The van der Waals surface area contributed by atoms with Crippen molar-refractivity contribution in [3.63, 3.8) is 0 Å². The number of aliphatic carboxylic acids is 1. The van der Waals surface area contributed by atoms with Crippen molar-refractivity contribution in [2.24, 2.45) is 5.92 Å². The maximum atomic E-state index is 12.2. The van der Waals surface area contributed by atoms with E-state index in [1.807, 2.05) is 26.0 Å². The van der Waals surface area contributed by atoms with Crippen LogP contribution in [0.1, 0.15) is 54.0 Å². The number of rotatable bonds is 8. The summed E-state index contributed by atoms with van der Waals surface area (Å²) in [5.41, 5.74) is 4.19. The normalized spacial score (nSPS) is 11.0. The summed E-state index contributed by atoms with van der Waals surface area (Å²) in [5.74, 6) is -0.337. The van der Waals surface area contributed by atoms with Gasteiger partial charge in [-0.1, -0.05) is 13.8 Å². The van der Waals surface area contributed by atoms with Gasteiger partial charge in [-0.25, -0.2) is 4.68 Å². The fourth-order valence-corrected chi connectivity index (χ4v) is 2.85. The van der Waals surface area contributed by atoms with E-state index in [0.29, 0.717) is 24.4 Å². The molecule has 2 rings (SSSR count). The standard InChI is InChI=1S/C20H27N3O3/c1-13(2)11-12-21-20(26)16-5-7-17(8-6-16)23-15(4)18(14(3)22-23)9-10-19(24)25/h5-8,13H,9-12H2,1-4H3,(H,21,26)(H,24,25). The lowest BCUT2D eigenvalue weighted by Gasteiger charge is -2.09. The van der Waals surface area contributed by atoms with Crippen LogP contribution >= 0.6 is 0 Å². The number of amides is 1. The molecule has 0 atom stereocenters. The van der Waals surface area contributed by atoms with Crippen molar-refractivity contribution < 1.29 is 14.7 Å². The second-order valence-corrected chi connectivity index (χ2v) is 6.94. The summed E-state index contributed by atoms with van der Waals surface area (Å²) < 4.78 is 1.80. The van der Waals surface area contributed by atoms with E-state index in [-0.39, 0.29) is 12.3 Å². The van der Waals surface area contributed by atoms with Gasteiger partial charge < -0.3 is 10.4 Å². The number of carbonyl (C=O) groups is 2. The Morgan fingerprint density at radius 1 is 1.19 bits per heavy atom. The third-order valence-electron chi connectivity index (χ3n) is 4.41. The first-order valence-corrected chi connectivity index (χ1v) is 8.95. The van der Waals surface area contributed by atoms with Crippen LogP contribution in [0.4, 0.5) is 0 Å². The first kappa shape index (κ1) is 19.7. The van der Waals surface area contributed by atoms with Crippen LogP contribution in [0.15, 0.2) is 24.3 Å². The molecule has 1 aromatic carbocycles. The molecule has 0 aliphatic rings. The average Bonchev–Trinajstić information content (AvgIpc) is 2.87. The molecule has 140 valence electrons. The Kier molecular flexibility index (Phi) is 6.55. The number of carbonyl (C=O) groups excluding carboxylic acids is 1. The maximum Gasteiger partial charge on any atom is 0.303 e. The number of carboxylic acids is 1. The van der Waals surface area contributed by atoms with Crippen LogP contribution in [0.3, 0.4) is 0 Å². The Labute approximate surface area is 154 Å². The lowest BCUT2D eigenvalue weighted by molar-refractivity contribution is -0.136. The molecule has 6 nitrogen and oxygen atoms in total. The van der Waals surface area contributed by atoms with Gasteiger partial charge in [0.15, 0.2) is 0 Å². The maximum absolute atomic E-state index is 12.2. The SMILES string of the molecule is Cc1nn(-c2ccc(C(=O)NCCC(C)C)cc2)c(C)c1CCC(=O)O. The van der Waals surface area contributed by atoms with Crippen LogP contribution in [0.5, 0.6) is 0 Å². The lowest BCUT2D eigenvalue weighted by atomic mass is 10.1. The van der Waals surface area contributed by atoms with Crippen LogP contribution in [-0.4, -0.2) is 33.3 Å². The molecule has 0 saturated carbocycles. The van der Waals surface area contributed by atoms with Gasteiger partial charge in [0.2, 0.25) is 0 Å². The number of hydrogen-bond acceptors (Lipinski definition) is 3. The smallest absolute Gasteiger partial charge is 0.303 e. The predicted octanol–water partition coefficient (Wildman–Crippen LogP) is 3.28. The molecule has 0 fully saturated rings. The topological polar surface area (TPSA) is 84.2 Å². The van der Waals surface area contributed by atoms with Gasteiger partial charge in [-0.3, -0.25) is 9.59 Å². The first-order valence-electron chi connectivity index (χ1n) is 8.95. The van der Waals surface area contributed by atoms with Gasteiger partial charge in [-0.05, 0) is 62.4 Å². The average molecular weight is 357 g/mol. The number of carboxylic acid groups (broad SMARTS) is 1. The van der Waals surface area contributed by atoms with E-state index in [9.17, 15) is 9.59 Å². The molecular weight excluding hydrogens is 330 g/mol. The fraction of sp³-hybridized carbons (Fsp3) is 0.450. The molecule has 6 heteroatoms. The number of aromatic nitrogens is 2. The van der Waals surface area contributed by atoms with Gasteiger partial charge in [0.05, 0.1) is 11.4 Å². The molecule has 0 aliphatic heterocycles. The molecule has 0 bridgehead atoms. The predicted molar refractivity (Wildman–Crippen MR) is 101 cm³/mol. The van der Waals surface area contributed by atoms with Crippen molar-refractivity contribution in [1.82, 2.24) is 15.1 Å². The molecular formula is C20H27N3O3. The summed E-state index contributed by atoms with van der Waals surface area (Å²) in [4.78, 5) is 23.0. The zero-order valence-electron chi connectivity index (χ0n) is 15.9. The van der Waals surface area contributed by atoms with Crippen LogP contribution in [0.25, 0.3) is 5.69 Å². The Morgan fingerprint density at radius 2 is 1.85 bits per heavy atom. The zero-order valence-corrected chi connectivity index (χ0v) is 15.9. The molecule has 0 radical (unpaired) electrons. The number of benzene rings is 1. The van der Waals surface area contributed by atoms with E-state index in [0.717, 1.165) is 29.1 Å². The summed E-state index contributed by atoms with van der Waals surface area (Å²) >= 11 is 0. The highest BCUT2D eigenvalue weighted by Gasteiger charge is 2.14. The second kappa shape index (κ2) is 8.65. The Bertz CT molecular complexity index is 776. The summed E-state index contributed by atoms with van der Waals surface area (Å²) in [5, 5.41) is 16.3. The molecule has 0 aliphatic carbocycles. The Balaban J connectivity index is 2.12. The highest BCUT2D eigenvalue weighted by Crippen LogP contribution is 2.20. The summed E-state index contributed by atoms with van der Waals surface area (Å²) in [6.07, 6.45) is 1.50. The molecule has 2 N–H and O–H groups in total. The van der Waals surface area contributed by atoms with Crippen molar-refractivity contribution in [3.8, 4) is 5.69 Å². The van der Waals surface area contributed by atoms with Crippen molar-refractivity contribution in [3.05, 3.63) is 46.8 Å². The van der Waals surface area contributed by atoms with E-state index in [2.05, 4.69) is 24.3 Å². The molecule has 0 unspecified atom stereocenters. The molecule has 0 spiro atoms. The van der Waals surface area contributed by atoms with Crippen molar-refractivity contribution in [2.45, 2.75) is 47.0 Å². The number of aryl methyl sites for hydroxylation is 1. The van der Waals surface area contributed by atoms with Gasteiger partial charge >= 0.3 is 5.97 Å². The van der Waals surface area contributed by atoms with Crippen molar-refractivity contribution in [2.75, 3.05) is 6.54 Å². The van der Waals surface area contributed by atoms with Crippen LogP contribution in [-0.2, 0) is 11.2 Å². The van der Waals surface area contributed by atoms with E-state index < -0.39 is 5.97 Å². The van der Waals surface area contributed by atoms with Gasteiger partial charge in [0.25, 0.3) is 5.91 Å². The second-order valence-electron chi connectivity index (χ2n) is 6.94. The largest absolute Gasteiger partial charge is 0.481 e. The van der Waals surface area contributed by atoms with Gasteiger partial charge in [-0.15, -0.1) is 0 Å². The first-order chi connectivity index (χ1) is 12.3. The minimum absolute atomic E-state index is 0.0762. The molecule has 2 aromatic rings. The Hall–Kier alpha value is -2.63. The molecule has 0 saturated heterocycles. The molecule has 1 aromatic heterocycles. The van der Waals surface area contributed by atoms with E-state index >= 15 is 0 Å². The van der Waals surface area contributed by atoms with Gasteiger partial charge in [0, 0.05) is 24.2 Å². The monoisotopic (exact) mass is 357 g/mol. The highest BCUT2D eigenvalue weighted by molar-refractivity contribution is 5.94. The van der Waals surface area contributed by atoms with Crippen molar-refractivity contribution in [1.29, 1.82) is 0 Å². The van der Waals surface area contributed by atoms with Crippen LogP contribution in [0, 0.1) is 19.8 Å². The van der Waals surface area contributed by atoms with Crippen LogP contribution < -0.4 is 5.32 Å². The van der Waals surface area contributed by atoms with Crippen molar-refractivity contribution >= 4 is 11.9 Å². The summed E-state index contributed by atoms with van der Waals surface area (Å²) in [6, 6.07) is 7.29. The third kappa shape index (κ3) is 4.94. The quantitative estimate of drug-likeness (QED) is 0.759. The van der Waals surface area contributed by atoms with Gasteiger partial charge in [0.1, 0.15) is 0 Å². The third-order valence-corrected chi connectivity index (χ3v) is 4.41. The summed E-state index contributed by atoms with van der Waals surface area (Å²) in [6.45, 7) is 8.74. The molecule has 1 amide bonds.